The Morgan fingerprint density at radius 1 is 1.07 bits per heavy atom. The van der Waals surface area contributed by atoms with E-state index in [2.05, 4.69) is 44.3 Å². The van der Waals surface area contributed by atoms with Crippen molar-refractivity contribution in [2.75, 3.05) is 6.61 Å². The maximum absolute atomic E-state index is 13.9. The Bertz CT molecular complexity index is 1370. The molecule has 7 rings (SSSR count). The Hall–Kier alpha value is -3.55. The predicted molar refractivity (Wildman–Crippen MR) is 158 cm³/mol. The van der Waals surface area contributed by atoms with Crippen molar-refractivity contribution in [1.82, 2.24) is 10.2 Å². The van der Waals surface area contributed by atoms with E-state index in [0.717, 1.165) is 54.7 Å². The third kappa shape index (κ3) is 5.41. The minimum absolute atomic E-state index is 0.00119. The standard InChI is InChI=1S/C33H42N4O4/c1-4-33-16-8-7-9-21-12-14-27-24(17-21)25(18-32(2,3)41-27)35-28(38)15-13-22-20-40-26-11-6-5-10-23(26)30(22)37(29(39)19-33)31(34)36-33/h5-6,10-12,14,17,22,25,30H,4,7-9,13,15-16,18-20H2,1-3H3,(H2,34,36)(H,35,38)/t22-,25+,30+,33-/m1/s1. The lowest BCUT2D eigenvalue weighted by Crippen LogP contribution is -2.55. The number of amides is 2. The molecule has 0 radical (unpaired) electrons. The van der Waals surface area contributed by atoms with Crippen LogP contribution in [0.3, 0.4) is 0 Å². The van der Waals surface area contributed by atoms with Crippen LogP contribution in [0.25, 0.3) is 0 Å². The zero-order valence-corrected chi connectivity index (χ0v) is 24.4. The quantitative estimate of drug-likeness (QED) is 0.490. The highest BCUT2D eigenvalue weighted by Crippen LogP contribution is 2.45. The number of hydrogen-bond acceptors (Lipinski definition) is 6. The molecule has 0 aliphatic carbocycles. The number of fused-ring (bicyclic) bond motifs is 8. The minimum atomic E-state index is -0.483. The molecular weight excluding hydrogens is 516 g/mol. The van der Waals surface area contributed by atoms with E-state index in [0.29, 0.717) is 32.3 Å². The molecule has 2 amide bonds. The molecule has 218 valence electrons. The van der Waals surface area contributed by atoms with E-state index in [4.69, 9.17) is 20.2 Å². The Morgan fingerprint density at radius 2 is 1.90 bits per heavy atom. The molecule has 0 unspecified atom stereocenters. The highest BCUT2D eigenvalue weighted by atomic mass is 16.5. The second kappa shape index (κ2) is 10.7. The first-order chi connectivity index (χ1) is 19.7. The maximum atomic E-state index is 13.9. The van der Waals surface area contributed by atoms with Crippen LogP contribution in [-0.4, -0.2) is 40.4 Å². The molecule has 41 heavy (non-hydrogen) atoms. The molecule has 2 aromatic carbocycles. The van der Waals surface area contributed by atoms with Crippen molar-refractivity contribution in [2.24, 2.45) is 16.6 Å². The Balaban J connectivity index is 1.37. The molecule has 0 fully saturated rings. The largest absolute Gasteiger partial charge is 0.493 e. The van der Waals surface area contributed by atoms with Crippen LogP contribution >= 0.6 is 0 Å². The van der Waals surface area contributed by atoms with Gasteiger partial charge in [-0.15, -0.1) is 0 Å². The smallest absolute Gasteiger partial charge is 0.232 e. The fourth-order valence-corrected chi connectivity index (χ4v) is 7.20. The van der Waals surface area contributed by atoms with Crippen molar-refractivity contribution in [1.29, 1.82) is 0 Å². The van der Waals surface area contributed by atoms with Crippen LogP contribution in [0.4, 0.5) is 0 Å². The van der Waals surface area contributed by atoms with Crippen LogP contribution in [0, 0.1) is 5.92 Å². The molecular formula is C33H42N4O4. The molecule has 2 aromatic rings. The number of carbonyl (C=O) groups is 2. The molecule has 0 saturated heterocycles. The highest BCUT2D eigenvalue weighted by molar-refractivity contribution is 5.99. The van der Waals surface area contributed by atoms with Crippen molar-refractivity contribution in [3.05, 3.63) is 59.2 Å². The van der Waals surface area contributed by atoms with Gasteiger partial charge in [-0.05, 0) is 63.6 Å². The first-order valence-electron chi connectivity index (χ1n) is 15.2. The summed E-state index contributed by atoms with van der Waals surface area (Å²) in [4.78, 5) is 34.1. The topological polar surface area (TPSA) is 106 Å². The number of aryl methyl sites for hydroxylation is 1. The number of nitrogens with one attached hydrogen (secondary N) is 1. The molecule has 0 spiro atoms. The monoisotopic (exact) mass is 558 g/mol. The molecule has 5 aliphatic heterocycles. The van der Waals surface area contributed by atoms with Gasteiger partial charge >= 0.3 is 0 Å². The molecule has 4 atom stereocenters. The minimum Gasteiger partial charge on any atom is -0.493 e. The summed E-state index contributed by atoms with van der Waals surface area (Å²) in [5, 5.41) is 3.32. The fraction of sp³-hybridized carbons (Fsp3) is 0.545. The van der Waals surface area contributed by atoms with Crippen LogP contribution in [0.5, 0.6) is 11.5 Å². The summed E-state index contributed by atoms with van der Waals surface area (Å²) in [6.45, 7) is 6.64. The van der Waals surface area contributed by atoms with Gasteiger partial charge in [0.05, 0.1) is 30.7 Å². The summed E-state index contributed by atoms with van der Waals surface area (Å²) in [5.74, 6) is 1.77. The van der Waals surface area contributed by atoms with Crippen molar-refractivity contribution >= 4 is 17.8 Å². The molecule has 8 nitrogen and oxygen atoms in total. The van der Waals surface area contributed by atoms with Gasteiger partial charge in [0, 0.05) is 29.9 Å². The summed E-state index contributed by atoms with van der Waals surface area (Å²) in [6.07, 6.45) is 6.33. The molecule has 0 saturated carbocycles. The van der Waals surface area contributed by atoms with Crippen LogP contribution in [0.15, 0.2) is 47.5 Å². The highest BCUT2D eigenvalue weighted by Gasteiger charge is 2.45. The van der Waals surface area contributed by atoms with Crippen molar-refractivity contribution in [3.8, 4) is 11.5 Å². The predicted octanol–water partition coefficient (Wildman–Crippen LogP) is 5.36. The summed E-state index contributed by atoms with van der Waals surface area (Å²) in [5.41, 5.74) is 9.00. The first-order valence-corrected chi connectivity index (χ1v) is 15.2. The van der Waals surface area contributed by atoms with Gasteiger partial charge in [-0.1, -0.05) is 43.7 Å². The third-order valence-electron chi connectivity index (χ3n) is 9.39. The van der Waals surface area contributed by atoms with Crippen LogP contribution in [0.1, 0.15) is 101 Å². The summed E-state index contributed by atoms with van der Waals surface area (Å²) < 4.78 is 12.4. The van der Waals surface area contributed by atoms with Crippen molar-refractivity contribution < 1.29 is 19.1 Å². The first kappa shape index (κ1) is 27.6. The SMILES string of the molecule is CC[C@@]12CCCCc3ccc4c(c3)[C@H](CC(C)(C)O4)NC(=O)CC[C@@H]3COc4ccccc4[C@H]3N(C(=O)C1)C(N)=N2. The number of guanidine groups is 1. The van der Waals surface area contributed by atoms with E-state index < -0.39 is 5.54 Å². The van der Waals surface area contributed by atoms with E-state index in [1.165, 1.54) is 5.56 Å². The number of rotatable bonds is 1. The summed E-state index contributed by atoms with van der Waals surface area (Å²) in [6, 6.07) is 13.8. The zero-order chi connectivity index (χ0) is 28.8. The van der Waals surface area contributed by atoms with Crippen LogP contribution in [0.2, 0.25) is 0 Å². The van der Waals surface area contributed by atoms with E-state index in [-0.39, 0.29) is 41.4 Å². The van der Waals surface area contributed by atoms with E-state index in [1.54, 1.807) is 4.90 Å². The number of ether oxygens (including phenoxy) is 2. The number of para-hydroxylation sites is 1. The fourth-order valence-electron chi connectivity index (χ4n) is 7.20. The maximum Gasteiger partial charge on any atom is 0.232 e. The molecule has 5 aliphatic rings. The van der Waals surface area contributed by atoms with Gasteiger partial charge in [-0.3, -0.25) is 14.5 Å². The lowest BCUT2D eigenvalue weighted by molar-refractivity contribution is -0.133. The molecule has 3 N–H and O–H groups in total. The van der Waals surface area contributed by atoms with Crippen LogP contribution < -0.4 is 20.5 Å². The van der Waals surface area contributed by atoms with Gasteiger partial charge in [-0.25, -0.2) is 4.99 Å². The number of nitrogens with zero attached hydrogens (tertiary/aromatic N) is 2. The second-order valence-electron chi connectivity index (χ2n) is 12.8. The molecule has 0 aromatic heterocycles. The molecule has 5 heterocycles. The number of carbonyl (C=O) groups excluding carboxylic acids is 2. The lowest BCUT2D eigenvalue weighted by atomic mass is 9.82. The molecule has 8 heteroatoms. The Labute approximate surface area is 242 Å². The summed E-state index contributed by atoms with van der Waals surface area (Å²) >= 11 is 0. The molecule has 4 bridgehead atoms. The van der Waals surface area contributed by atoms with E-state index in [1.807, 2.05) is 24.3 Å². The Morgan fingerprint density at radius 3 is 2.71 bits per heavy atom. The summed E-state index contributed by atoms with van der Waals surface area (Å²) in [7, 11) is 0. The van der Waals surface area contributed by atoms with Gasteiger partial charge in [0.1, 0.15) is 17.1 Å². The second-order valence-corrected chi connectivity index (χ2v) is 12.8. The van der Waals surface area contributed by atoms with Gasteiger partial charge in [0.25, 0.3) is 0 Å². The number of hydrogen-bond donors (Lipinski definition) is 2. The van der Waals surface area contributed by atoms with E-state index in [9.17, 15) is 9.59 Å². The average Bonchev–Trinajstić information content (AvgIpc) is 2.93. The Kier molecular flexibility index (Phi) is 7.20. The van der Waals surface area contributed by atoms with Gasteiger partial charge in [0.15, 0.2) is 5.96 Å². The van der Waals surface area contributed by atoms with Crippen LogP contribution in [-0.2, 0) is 16.0 Å². The average molecular weight is 559 g/mol. The zero-order valence-electron chi connectivity index (χ0n) is 24.4. The van der Waals surface area contributed by atoms with Crippen molar-refractivity contribution in [2.45, 2.75) is 102 Å². The normalized spacial score (nSPS) is 29.5. The third-order valence-corrected chi connectivity index (χ3v) is 9.39. The van der Waals surface area contributed by atoms with E-state index >= 15 is 0 Å². The van der Waals surface area contributed by atoms with Gasteiger partial charge in [0.2, 0.25) is 11.8 Å². The van der Waals surface area contributed by atoms with Crippen molar-refractivity contribution in [3.63, 3.8) is 0 Å². The number of aliphatic imine (C=N–C) groups is 1. The lowest BCUT2D eigenvalue weighted by Gasteiger charge is -2.45. The number of benzene rings is 2. The number of nitrogens with two attached hydrogens (primary N) is 1. The van der Waals surface area contributed by atoms with Gasteiger partial charge < -0.3 is 20.5 Å². The van der Waals surface area contributed by atoms with Gasteiger partial charge in [-0.2, -0.15) is 0 Å².